The molecule has 1 saturated heterocycles. The molecule has 19 heavy (non-hydrogen) atoms. The van der Waals surface area contributed by atoms with Crippen LogP contribution >= 0.6 is 0 Å². The predicted molar refractivity (Wildman–Crippen MR) is 74.7 cm³/mol. The van der Waals surface area contributed by atoms with E-state index >= 15 is 0 Å². The first-order valence-electron chi connectivity index (χ1n) is 6.33. The van der Waals surface area contributed by atoms with E-state index in [2.05, 4.69) is 4.90 Å². The Morgan fingerprint density at radius 3 is 2.42 bits per heavy atom. The summed E-state index contributed by atoms with van der Waals surface area (Å²) in [6.45, 7) is 1.95. The fraction of sp³-hybridized carbons (Fsp3) is 0.538. The van der Waals surface area contributed by atoms with Crippen LogP contribution in [-0.2, 0) is 10.0 Å². The van der Waals surface area contributed by atoms with Gasteiger partial charge in [0.1, 0.15) is 0 Å². The minimum Gasteiger partial charge on any atom is -0.396 e. The molecule has 1 atom stereocenters. The van der Waals surface area contributed by atoms with Crippen LogP contribution in [0.5, 0.6) is 0 Å². The summed E-state index contributed by atoms with van der Waals surface area (Å²) in [7, 11) is -0.311. The lowest BCUT2D eigenvalue weighted by atomic mass is 10.1. The number of nitrogens with zero attached hydrogens (tertiary/aromatic N) is 2. The maximum atomic E-state index is 11.9. The maximum Gasteiger partial charge on any atom is 0.242 e. The number of rotatable bonds is 4. The molecule has 2 rings (SSSR count). The van der Waals surface area contributed by atoms with Gasteiger partial charge >= 0.3 is 0 Å². The van der Waals surface area contributed by atoms with Crippen molar-refractivity contribution in [2.45, 2.75) is 11.3 Å². The van der Waals surface area contributed by atoms with E-state index in [1.807, 2.05) is 12.1 Å². The molecule has 106 valence electrons. The SMILES string of the molecule is CN(C)S(=O)(=O)c1ccc(N2CCC(CO)C2)cc1. The molecule has 5 nitrogen and oxygen atoms in total. The van der Waals surface area contributed by atoms with Gasteiger partial charge in [0.2, 0.25) is 10.0 Å². The fourth-order valence-electron chi connectivity index (χ4n) is 2.26. The van der Waals surface area contributed by atoms with Crippen molar-refractivity contribution >= 4 is 15.7 Å². The highest BCUT2D eigenvalue weighted by Gasteiger charge is 2.23. The van der Waals surface area contributed by atoms with Crippen LogP contribution in [0, 0.1) is 5.92 Å². The van der Waals surface area contributed by atoms with E-state index in [0.29, 0.717) is 10.8 Å². The molecular formula is C13H20N2O3S. The summed E-state index contributed by atoms with van der Waals surface area (Å²) >= 11 is 0. The quantitative estimate of drug-likeness (QED) is 0.886. The van der Waals surface area contributed by atoms with E-state index < -0.39 is 10.0 Å². The predicted octanol–water partition coefficient (Wildman–Crippen LogP) is 0.756. The first-order chi connectivity index (χ1) is 8.95. The molecule has 1 heterocycles. The number of anilines is 1. The number of hydrogen-bond donors (Lipinski definition) is 1. The topological polar surface area (TPSA) is 60.9 Å². The van der Waals surface area contributed by atoms with Crippen molar-refractivity contribution in [2.24, 2.45) is 5.92 Å². The van der Waals surface area contributed by atoms with Gasteiger partial charge in [0.25, 0.3) is 0 Å². The molecule has 0 radical (unpaired) electrons. The van der Waals surface area contributed by atoms with Crippen LogP contribution in [0.4, 0.5) is 5.69 Å². The Hall–Kier alpha value is -1.11. The van der Waals surface area contributed by atoms with Crippen molar-refractivity contribution < 1.29 is 13.5 Å². The van der Waals surface area contributed by atoms with Gasteiger partial charge in [-0.15, -0.1) is 0 Å². The molecule has 1 N–H and O–H groups in total. The van der Waals surface area contributed by atoms with Gasteiger partial charge < -0.3 is 10.0 Å². The average molecular weight is 284 g/mol. The standard InChI is InChI=1S/C13H20N2O3S/c1-14(2)19(17,18)13-5-3-12(4-6-13)15-8-7-11(9-15)10-16/h3-6,11,16H,7-10H2,1-2H3. The smallest absolute Gasteiger partial charge is 0.242 e. The van der Waals surface area contributed by atoms with Gasteiger partial charge in [0, 0.05) is 45.4 Å². The van der Waals surface area contributed by atoms with Crippen LogP contribution in [0.15, 0.2) is 29.2 Å². The molecule has 1 aliphatic rings. The summed E-state index contributed by atoms with van der Waals surface area (Å²) in [4.78, 5) is 2.48. The summed E-state index contributed by atoms with van der Waals surface area (Å²) in [5.74, 6) is 0.324. The molecule has 0 amide bonds. The van der Waals surface area contributed by atoms with Crippen molar-refractivity contribution in [2.75, 3.05) is 38.7 Å². The number of sulfonamides is 1. The second-order valence-electron chi connectivity index (χ2n) is 5.06. The summed E-state index contributed by atoms with van der Waals surface area (Å²) in [5.41, 5.74) is 1.01. The minimum atomic E-state index is -3.36. The third-order valence-electron chi connectivity index (χ3n) is 3.52. The summed E-state index contributed by atoms with van der Waals surface area (Å²) in [5, 5.41) is 9.13. The molecule has 1 aliphatic heterocycles. The zero-order chi connectivity index (χ0) is 14.0. The fourth-order valence-corrected chi connectivity index (χ4v) is 3.16. The first kappa shape index (κ1) is 14.3. The number of aliphatic hydroxyl groups is 1. The molecule has 0 bridgehead atoms. The average Bonchev–Trinajstić information content (AvgIpc) is 2.87. The van der Waals surface area contributed by atoms with Gasteiger partial charge in [0.05, 0.1) is 4.90 Å². The van der Waals surface area contributed by atoms with Gasteiger partial charge in [-0.1, -0.05) is 0 Å². The Labute approximate surface area is 114 Å². The molecule has 6 heteroatoms. The zero-order valence-corrected chi connectivity index (χ0v) is 12.1. The van der Waals surface area contributed by atoms with E-state index in [-0.39, 0.29) is 6.61 Å². The van der Waals surface area contributed by atoms with Crippen molar-refractivity contribution in [1.82, 2.24) is 4.31 Å². The van der Waals surface area contributed by atoms with Crippen molar-refractivity contribution in [3.63, 3.8) is 0 Å². The minimum absolute atomic E-state index is 0.212. The highest BCUT2D eigenvalue weighted by molar-refractivity contribution is 7.89. The van der Waals surface area contributed by atoms with Crippen LogP contribution < -0.4 is 4.90 Å². The molecule has 1 fully saturated rings. The third-order valence-corrected chi connectivity index (χ3v) is 5.35. The number of aliphatic hydroxyl groups excluding tert-OH is 1. The van der Waals surface area contributed by atoms with Crippen LogP contribution in [0.1, 0.15) is 6.42 Å². The number of benzene rings is 1. The first-order valence-corrected chi connectivity index (χ1v) is 7.77. The molecule has 1 aromatic rings. The van der Waals surface area contributed by atoms with Gasteiger partial charge in [-0.3, -0.25) is 0 Å². The molecule has 1 aromatic carbocycles. The van der Waals surface area contributed by atoms with Crippen molar-refractivity contribution in [1.29, 1.82) is 0 Å². The van der Waals surface area contributed by atoms with Crippen molar-refractivity contribution in [3.8, 4) is 0 Å². The molecule has 0 saturated carbocycles. The van der Waals surface area contributed by atoms with Crippen LogP contribution in [0.2, 0.25) is 0 Å². The highest BCUT2D eigenvalue weighted by Crippen LogP contribution is 2.25. The Balaban J connectivity index is 2.16. The van der Waals surface area contributed by atoms with Gasteiger partial charge in [-0.2, -0.15) is 0 Å². The summed E-state index contributed by atoms with van der Waals surface area (Å²) in [6, 6.07) is 6.93. The second kappa shape index (κ2) is 5.48. The van der Waals surface area contributed by atoms with Crippen molar-refractivity contribution in [3.05, 3.63) is 24.3 Å². The van der Waals surface area contributed by atoms with E-state index in [1.165, 1.54) is 18.4 Å². The Kier molecular flexibility index (Phi) is 4.13. The second-order valence-corrected chi connectivity index (χ2v) is 7.22. The van der Waals surface area contributed by atoms with E-state index in [9.17, 15) is 8.42 Å². The van der Waals surface area contributed by atoms with E-state index in [1.54, 1.807) is 12.1 Å². The Morgan fingerprint density at radius 1 is 1.32 bits per heavy atom. The molecule has 1 unspecified atom stereocenters. The normalized spacial score (nSPS) is 20.2. The van der Waals surface area contributed by atoms with Gasteiger partial charge in [0.15, 0.2) is 0 Å². The Bertz CT molecular complexity index is 525. The van der Waals surface area contributed by atoms with Gasteiger partial charge in [-0.25, -0.2) is 12.7 Å². The molecule has 0 aromatic heterocycles. The van der Waals surface area contributed by atoms with Crippen LogP contribution in [-0.4, -0.2) is 51.6 Å². The molecule has 0 aliphatic carbocycles. The maximum absolute atomic E-state index is 11.9. The van der Waals surface area contributed by atoms with E-state index in [0.717, 1.165) is 25.2 Å². The van der Waals surface area contributed by atoms with E-state index in [4.69, 9.17) is 5.11 Å². The monoisotopic (exact) mass is 284 g/mol. The lowest BCUT2D eigenvalue weighted by Gasteiger charge is -2.19. The summed E-state index contributed by atoms with van der Waals surface area (Å²) < 4.78 is 25.1. The third kappa shape index (κ3) is 2.91. The molecular weight excluding hydrogens is 264 g/mol. The number of hydrogen-bond acceptors (Lipinski definition) is 4. The van der Waals surface area contributed by atoms with Gasteiger partial charge in [-0.05, 0) is 30.7 Å². The lowest BCUT2D eigenvalue weighted by molar-refractivity contribution is 0.238. The summed E-state index contributed by atoms with van der Waals surface area (Å²) in [6.07, 6.45) is 0.980. The van der Waals surface area contributed by atoms with Crippen LogP contribution in [0.3, 0.4) is 0 Å². The van der Waals surface area contributed by atoms with Crippen LogP contribution in [0.25, 0.3) is 0 Å². The largest absolute Gasteiger partial charge is 0.396 e. The highest BCUT2D eigenvalue weighted by atomic mass is 32.2. The Morgan fingerprint density at radius 2 is 1.95 bits per heavy atom. The zero-order valence-electron chi connectivity index (χ0n) is 11.3. The molecule has 0 spiro atoms. The lowest BCUT2D eigenvalue weighted by Crippen LogP contribution is -2.23.